The van der Waals surface area contributed by atoms with Crippen LogP contribution in [0.25, 0.3) is 0 Å². The van der Waals surface area contributed by atoms with Crippen molar-refractivity contribution in [1.82, 2.24) is 5.32 Å². The molecule has 1 aromatic carbocycles. The number of halogens is 1. The van der Waals surface area contributed by atoms with Crippen LogP contribution in [0.4, 0.5) is 20.6 Å². The van der Waals surface area contributed by atoms with Gasteiger partial charge in [0.15, 0.2) is 0 Å². The molecule has 0 atom stereocenters. The van der Waals surface area contributed by atoms with Crippen LogP contribution in [0.15, 0.2) is 18.2 Å². The van der Waals surface area contributed by atoms with Gasteiger partial charge < -0.3 is 15.7 Å². The minimum atomic E-state index is -1.27. The molecule has 2 amide bonds. The summed E-state index contributed by atoms with van der Waals surface area (Å²) < 4.78 is 13.2. The van der Waals surface area contributed by atoms with Crippen LogP contribution in [-0.2, 0) is 4.79 Å². The third-order valence-electron chi connectivity index (χ3n) is 1.81. The van der Waals surface area contributed by atoms with Crippen molar-refractivity contribution in [3.05, 3.63) is 34.1 Å². The van der Waals surface area contributed by atoms with Gasteiger partial charge in [-0.2, -0.15) is 0 Å². The number of hydrogen-bond donors (Lipinski definition) is 3. The monoisotopic (exact) mass is 257 g/mol. The molecular formula is C9H8FN3O5. The predicted molar refractivity (Wildman–Crippen MR) is 57.7 cm³/mol. The fourth-order valence-electron chi connectivity index (χ4n) is 1.05. The number of benzene rings is 1. The van der Waals surface area contributed by atoms with Gasteiger partial charge in [0.1, 0.15) is 12.4 Å². The number of aliphatic carboxylic acids is 1. The second kappa shape index (κ2) is 5.57. The molecule has 0 aromatic heterocycles. The largest absolute Gasteiger partial charge is 0.480 e. The Labute approximate surface area is 99.6 Å². The molecule has 0 aliphatic rings. The topological polar surface area (TPSA) is 122 Å². The average Bonchev–Trinajstić information content (AvgIpc) is 2.29. The summed E-state index contributed by atoms with van der Waals surface area (Å²) in [6, 6.07) is 1.62. The Balaban J connectivity index is 2.77. The zero-order valence-electron chi connectivity index (χ0n) is 8.84. The van der Waals surface area contributed by atoms with Crippen molar-refractivity contribution in [2.75, 3.05) is 11.9 Å². The molecule has 9 heteroatoms. The third kappa shape index (κ3) is 3.70. The second-order valence-electron chi connectivity index (χ2n) is 3.12. The first kappa shape index (κ1) is 13.4. The number of amides is 2. The standard InChI is InChI=1S/C9H8FN3O5/c10-6-2-1-5(13(17)18)3-7(6)12-9(16)11-4-8(14)15/h1-3H,4H2,(H,14,15)(H2,11,12,16). The minimum Gasteiger partial charge on any atom is -0.480 e. The quantitative estimate of drug-likeness (QED) is 0.547. The van der Waals surface area contributed by atoms with Crippen LogP contribution in [0.3, 0.4) is 0 Å². The van der Waals surface area contributed by atoms with E-state index in [9.17, 15) is 24.1 Å². The van der Waals surface area contributed by atoms with Crippen LogP contribution >= 0.6 is 0 Å². The molecular weight excluding hydrogens is 249 g/mol. The number of hydrogen-bond acceptors (Lipinski definition) is 4. The Morgan fingerprint density at radius 2 is 2.11 bits per heavy atom. The molecule has 0 radical (unpaired) electrons. The van der Waals surface area contributed by atoms with E-state index in [1.54, 1.807) is 0 Å². The lowest BCUT2D eigenvalue weighted by atomic mass is 10.2. The van der Waals surface area contributed by atoms with E-state index in [0.29, 0.717) is 0 Å². The first-order chi connectivity index (χ1) is 8.40. The number of nitrogens with one attached hydrogen (secondary N) is 2. The lowest BCUT2D eigenvalue weighted by Gasteiger charge is -2.06. The molecule has 1 rings (SSSR count). The van der Waals surface area contributed by atoms with E-state index in [2.05, 4.69) is 0 Å². The van der Waals surface area contributed by atoms with Crippen LogP contribution in [-0.4, -0.2) is 28.6 Å². The third-order valence-corrected chi connectivity index (χ3v) is 1.81. The summed E-state index contributed by atoms with van der Waals surface area (Å²) in [6.07, 6.45) is 0. The summed E-state index contributed by atoms with van der Waals surface area (Å²) in [5, 5.41) is 22.6. The lowest BCUT2D eigenvalue weighted by Crippen LogP contribution is -2.33. The minimum absolute atomic E-state index is 0.398. The van der Waals surface area contributed by atoms with Crippen molar-refractivity contribution in [1.29, 1.82) is 0 Å². The molecule has 0 unspecified atom stereocenters. The molecule has 0 heterocycles. The Morgan fingerprint density at radius 1 is 1.44 bits per heavy atom. The molecule has 0 bridgehead atoms. The van der Waals surface area contributed by atoms with Crippen LogP contribution < -0.4 is 10.6 Å². The van der Waals surface area contributed by atoms with E-state index in [-0.39, 0.29) is 0 Å². The number of nitro benzene ring substituents is 1. The first-order valence-corrected chi connectivity index (χ1v) is 4.60. The number of urea groups is 1. The molecule has 96 valence electrons. The van der Waals surface area contributed by atoms with Crippen molar-refractivity contribution in [3.8, 4) is 0 Å². The van der Waals surface area contributed by atoms with Gasteiger partial charge in [-0.25, -0.2) is 9.18 Å². The summed E-state index contributed by atoms with van der Waals surface area (Å²) in [4.78, 5) is 31.0. The number of carbonyl (C=O) groups is 2. The van der Waals surface area contributed by atoms with E-state index < -0.39 is 40.7 Å². The van der Waals surface area contributed by atoms with E-state index in [1.165, 1.54) is 0 Å². The fourth-order valence-corrected chi connectivity index (χ4v) is 1.05. The molecule has 0 fully saturated rings. The lowest BCUT2D eigenvalue weighted by molar-refractivity contribution is -0.384. The zero-order valence-corrected chi connectivity index (χ0v) is 8.84. The number of carboxylic acid groups (broad SMARTS) is 1. The maximum absolute atomic E-state index is 13.2. The average molecular weight is 257 g/mol. The summed E-state index contributed by atoms with van der Waals surface area (Å²) in [6.45, 7) is -0.650. The van der Waals surface area contributed by atoms with Gasteiger partial charge in [-0.05, 0) is 6.07 Å². The van der Waals surface area contributed by atoms with Crippen LogP contribution in [0.5, 0.6) is 0 Å². The molecule has 3 N–H and O–H groups in total. The zero-order chi connectivity index (χ0) is 13.7. The fraction of sp³-hybridized carbons (Fsp3) is 0.111. The highest BCUT2D eigenvalue weighted by Gasteiger charge is 2.13. The highest BCUT2D eigenvalue weighted by atomic mass is 19.1. The summed E-state index contributed by atoms with van der Waals surface area (Å²) in [5.41, 5.74) is -0.808. The van der Waals surface area contributed by atoms with E-state index >= 15 is 0 Å². The number of non-ortho nitro benzene ring substituents is 1. The van der Waals surface area contributed by atoms with Gasteiger partial charge in [-0.3, -0.25) is 14.9 Å². The van der Waals surface area contributed by atoms with Crippen LogP contribution in [0, 0.1) is 15.9 Å². The van der Waals surface area contributed by atoms with Gasteiger partial charge >= 0.3 is 12.0 Å². The maximum atomic E-state index is 13.2. The normalized spacial score (nSPS) is 9.61. The summed E-state index contributed by atoms with van der Waals surface area (Å²) in [5.74, 6) is -2.14. The Kier molecular flexibility index (Phi) is 4.13. The molecule has 1 aromatic rings. The molecule has 0 saturated carbocycles. The Morgan fingerprint density at radius 3 is 2.67 bits per heavy atom. The van der Waals surface area contributed by atoms with Crippen LogP contribution in [0.1, 0.15) is 0 Å². The number of carbonyl (C=O) groups excluding carboxylic acids is 1. The van der Waals surface area contributed by atoms with Gasteiger partial charge in [0, 0.05) is 12.1 Å². The molecule has 8 nitrogen and oxygen atoms in total. The van der Waals surface area contributed by atoms with Gasteiger partial charge in [-0.15, -0.1) is 0 Å². The van der Waals surface area contributed by atoms with E-state index in [0.717, 1.165) is 18.2 Å². The summed E-state index contributed by atoms with van der Waals surface area (Å²) >= 11 is 0. The molecule has 18 heavy (non-hydrogen) atoms. The van der Waals surface area contributed by atoms with E-state index in [1.807, 2.05) is 10.6 Å². The van der Waals surface area contributed by atoms with Gasteiger partial charge in [-0.1, -0.05) is 0 Å². The van der Waals surface area contributed by atoms with Crippen molar-refractivity contribution in [2.24, 2.45) is 0 Å². The number of carboxylic acids is 1. The van der Waals surface area contributed by atoms with Crippen molar-refractivity contribution < 1.29 is 24.0 Å². The highest BCUT2D eigenvalue weighted by molar-refractivity contribution is 5.91. The molecule has 0 spiro atoms. The van der Waals surface area contributed by atoms with Gasteiger partial charge in [0.2, 0.25) is 0 Å². The Hall–Kier alpha value is -2.71. The van der Waals surface area contributed by atoms with Gasteiger partial charge in [0.05, 0.1) is 10.6 Å². The number of rotatable bonds is 4. The Bertz CT molecular complexity index is 505. The molecule has 0 aliphatic carbocycles. The van der Waals surface area contributed by atoms with Gasteiger partial charge in [0.25, 0.3) is 5.69 Å². The van der Waals surface area contributed by atoms with Crippen LogP contribution in [0.2, 0.25) is 0 Å². The van der Waals surface area contributed by atoms with Crippen molar-refractivity contribution in [3.63, 3.8) is 0 Å². The van der Waals surface area contributed by atoms with Crippen molar-refractivity contribution in [2.45, 2.75) is 0 Å². The highest BCUT2D eigenvalue weighted by Crippen LogP contribution is 2.20. The molecule has 0 saturated heterocycles. The number of anilines is 1. The van der Waals surface area contributed by atoms with Crippen molar-refractivity contribution >= 4 is 23.4 Å². The number of nitrogens with zero attached hydrogens (tertiary/aromatic N) is 1. The first-order valence-electron chi connectivity index (χ1n) is 4.60. The molecule has 0 aliphatic heterocycles. The summed E-state index contributed by atoms with van der Waals surface area (Å²) in [7, 11) is 0. The smallest absolute Gasteiger partial charge is 0.323 e. The SMILES string of the molecule is O=C(O)CNC(=O)Nc1cc([N+](=O)[O-])ccc1F. The maximum Gasteiger partial charge on any atom is 0.323 e. The predicted octanol–water partition coefficient (Wildman–Crippen LogP) is 0.940. The second-order valence-corrected chi connectivity index (χ2v) is 3.12. The van der Waals surface area contributed by atoms with E-state index in [4.69, 9.17) is 5.11 Å². The number of nitro groups is 1.